The maximum absolute atomic E-state index is 13.4. The number of hydrogen-bond acceptors (Lipinski definition) is 2. The van der Waals surface area contributed by atoms with Crippen molar-refractivity contribution in [2.45, 2.75) is 37.4 Å². The normalized spacial score (nSPS) is 26.4. The maximum Gasteiger partial charge on any atom is 0.224 e. The predicted octanol–water partition coefficient (Wildman–Crippen LogP) is 1.53. The van der Waals surface area contributed by atoms with Crippen LogP contribution in [0, 0.1) is 0 Å². The van der Waals surface area contributed by atoms with Crippen molar-refractivity contribution >= 4 is 5.91 Å². The van der Waals surface area contributed by atoms with Crippen LogP contribution >= 0.6 is 0 Å². The number of amides is 1. The lowest BCUT2D eigenvalue weighted by atomic mass is 10.1. The fourth-order valence-electron chi connectivity index (χ4n) is 2.56. The molecule has 1 saturated heterocycles. The maximum atomic E-state index is 13.4. The molecule has 0 radical (unpaired) electrons. The van der Waals surface area contributed by atoms with Crippen molar-refractivity contribution in [3.8, 4) is 0 Å². The molecule has 2 N–H and O–H groups in total. The Morgan fingerprint density at radius 1 is 1.26 bits per heavy atom. The third kappa shape index (κ3) is 3.13. The Bertz CT molecular complexity index is 456. The Morgan fingerprint density at radius 3 is 2.58 bits per heavy atom. The zero-order valence-electron chi connectivity index (χ0n) is 10.9. The topological polar surface area (TPSA) is 41.1 Å². The van der Waals surface area contributed by atoms with Gasteiger partial charge in [-0.1, -0.05) is 24.3 Å². The summed E-state index contributed by atoms with van der Waals surface area (Å²) in [6.07, 6.45) is 1.92. The summed E-state index contributed by atoms with van der Waals surface area (Å²) in [5.41, 5.74) is 2.36. The van der Waals surface area contributed by atoms with Crippen LogP contribution in [0.4, 0.5) is 4.39 Å². The minimum atomic E-state index is -0.971. The van der Waals surface area contributed by atoms with Crippen LogP contribution in [0.5, 0.6) is 0 Å². The fraction of sp³-hybridized carbons (Fsp3) is 0.533. The van der Waals surface area contributed by atoms with E-state index in [1.165, 1.54) is 18.4 Å². The lowest BCUT2D eigenvalue weighted by Gasteiger charge is -2.14. The van der Waals surface area contributed by atoms with Gasteiger partial charge in [0.2, 0.25) is 5.91 Å². The molecule has 1 aromatic rings. The first-order valence-corrected chi connectivity index (χ1v) is 6.95. The molecule has 0 bridgehead atoms. The van der Waals surface area contributed by atoms with Gasteiger partial charge in [0.05, 0.1) is 12.5 Å². The Labute approximate surface area is 112 Å². The molecule has 3 rings (SSSR count). The van der Waals surface area contributed by atoms with E-state index in [1.807, 2.05) is 12.1 Å². The van der Waals surface area contributed by atoms with Crippen LogP contribution in [0.15, 0.2) is 24.3 Å². The third-order valence-corrected chi connectivity index (χ3v) is 3.88. The fourth-order valence-corrected chi connectivity index (χ4v) is 2.56. The number of hydrogen-bond donors (Lipinski definition) is 2. The molecule has 1 aliphatic heterocycles. The van der Waals surface area contributed by atoms with Gasteiger partial charge in [0.25, 0.3) is 0 Å². The van der Waals surface area contributed by atoms with Crippen LogP contribution in [0.25, 0.3) is 0 Å². The average molecular weight is 262 g/mol. The Morgan fingerprint density at radius 2 is 2.00 bits per heavy atom. The van der Waals surface area contributed by atoms with E-state index in [0.717, 1.165) is 11.5 Å². The molecule has 0 aromatic heterocycles. The quantitative estimate of drug-likeness (QED) is 0.864. The minimum Gasteiger partial charge on any atom is -0.349 e. The highest BCUT2D eigenvalue weighted by Gasteiger charge is 2.28. The number of carbonyl (C=O) groups excluding carboxylic acids is 1. The van der Waals surface area contributed by atoms with E-state index in [2.05, 4.69) is 22.8 Å². The van der Waals surface area contributed by atoms with Crippen molar-refractivity contribution in [3.05, 3.63) is 35.4 Å². The van der Waals surface area contributed by atoms with E-state index >= 15 is 0 Å². The number of carbonyl (C=O) groups is 1. The summed E-state index contributed by atoms with van der Waals surface area (Å²) in [5.74, 6) is 0.634. The summed E-state index contributed by atoms with van der Waals surface area (Å²) in [5, 5.41) is 5.68. The van der Waals surface area contributed by atoms with Crippen LogP contribution in [-0.2, 0) is 11.2 Å². The highest BCUT2D eigenvalue weighted by atomic mass is 19.1. The Balaban J connectivity index is 1.53. The lowest BCUT2D eigenvalue weighted by Crippen LogP contribution is -2.41. The Kier molecular flexibility index (Phi) is 3.51. The van der Waals surface area contributed by atoms with Crippen molar-refractivity contribution in [3.63, 3.8) is 0 Å². The van der Waals surface area contributed by atoms with Gasteiger partial charge in [-0.3, -0.25) is 4.79 Å². The number of alkyl halides is 1. The molecule has 1 aliphatic carbocycles. The molecule has 0 unspecified atom stereocenters. The van der Waals surface area contributed by atoms with Gasteiger partial charge >= 0.3 is 0 Å². The second-order valence-corrected chi connectivity index (χ2v) is 5.54. The smallest absolute Gasteiger partial charge is 0.224 e. The highest BCUT2D eigenvalue weighted by Crippen LogP contribution is 2.39. The molecule has 102 valence electrons. The molecule has 2 aliphatic rings. The van der Waals surface area contributed by atoms with Gasteiger partial charge in [-0.05, 0) is 29.9 Å². The summed E-state index contributed by atoms with van der Waals surface area (Å²) in [4.78, 5) is 11.8. The second kappa shape index (κ2) is 5.29. The Hall–Kier alpha value is -1.42. The predicted molar refractivity (Wildman–Crippen MR) is 71.8 cm³/mol. The van der Waals surface area contributed by atoms with E-state index in [0.29, 0.717) is 19.5 Å². The van der Waals surface area contributed by atoms with E-state index in [-0.39, 0.29) is 11.9 Å². The van der Waals surface area contributed by atoms with Gasteiger partial charge in [0.1, 0.15) is 6.17 Å². The van der Waals surface area contributed by atoms with Crippen molar-refractivity contribution in [1.82, 2.24) is 10.6 Å². The zero-order chi connectivity index (χ0) is 13.2. The zero-order valence-corrected chi connectivity index (χ0v) is 10.9. The van der Waals surface area contributed by atoms with E-state index < -0.39 is 6.17 Å². The third-order valence-electron chi connectivity index (χ3n) is 3.88. The first-order valence-electron chi connectivity index (χ1n) is 6.95. The van der Waals surface area contributed by atoms with E-state index in [4.69, 9.17) is 0 Å². The molecule has 2 atom stereocenters. The molecule has 1 aromatic carbocycles. The van der Waals surface area contributed by atoms with E-state index in [1.54, 1.807) is 0 Å². The van der Waals surface area contributed by atoms with E-state index in [9.17, 15) is 9.18 Å². The van der Waals surface area contributed by atoms with Crippen LogP contribution < -0.4 is 10.6 Å². The molecule has 1 heterocycles. The molecular weight excluding hydrogens is 243 g/mol. The second-order valence-electron chi connectivity index (χ2n) is 5.54. The lowest BCUT2D eigenvalue weighted by molar-refractivity contribution is -0.121. The summed E-state index contributed by atoms with van der Waals surface area (Å²) < 4.78 is 13.4. The SMILES string of the molecule is O=C(Cc1ccc(C2CC2)cc1)N[C@H]1CNC[C@@H]1F. The number of nitrogens with one attached hydrogen (secondary N) is 2. The molecule has 3 nitrogen and oxygen atoms in total. The first kappa shape index (κ1) is 12.6. The van der Waals surface area contributed by atoms with Crippen LogP contribution in [0.2, 0.25) is 0 Å². The van der Waals surface area contributed by atoms with Crippen molar-refractivity contribution in [2.24, 2.45) is 0 Å². The van der Waals surface area contributed by atoms with Crippen molar-refractivity contribution in [2.75, 3.05) is 13.1 Å². The van der Waals surface area contributed by atoms with Crippen LogP contribution in [0.1, 0.15) is 29.9 Å². The molecular formula is C15H19FN2O. The van der Waals surface area contributed by atoms with Gasteiger partial charge < -0.3 is 10.6 Å². The monoisotopic (exact) mass is 262 g/mol. The van der Waals surface area contributed by atoms with Crippen LogP contribution in [-0.4, -0.2) is 31.2 Å². The van der Waals surface area contributed by atoms with Crippen LogP contribution in [0.3, 0.4) is 0 Å². The van der Waals surface area contributed by atoms with Gasteiger partial charge in [-0.25, -0.2) is 4.39 Å². The van der Waals surface area contributed by atoms with Crippen molar-refractivity contribution in [1.29, 1.82) is 0 Å². The van der Waals surface area contributed by atoms with Gasteiger partial charge in [0, 0.05) is 13.1 Å². The summed E-state index contributed by atoms with van der Waals surface area (Å²) in [7, 11) is 0. The van der Waals surface area contributed by atoms with Crippen molar-refractivity contribution < 1.29 is 9.18 Å². The average Bonchev–Trinajstić information content (AvgIpc) is 3.16. The molecule has 19 heavy (non-hydrogen) atoms. The molecule has 1 amide bonds. The number of rotatable bonds is 4. The highest BCUT2D eigenvalue weighted by molar-refractivity contribution is 5.79. The number of benzene rings is 1. The van der Waals surface area contributed by atoms with Gasteiger partial charge in [-0.15, -0.1) is 0 Å². The molecule has 2 fully saturated rings. The van der Waals surface area contributed by atoms with Gasteiger partial charge in [0.15, 0.2) is 0 Å². The summed E-state index contributed by atoms with van der Waals surface area (Å²) >= 11 is 0. The summed E-state index contributed by atoms with van der Waals surface area (Å²) in [6, 6.07) is 7.85. The molecule has 1 saturated carbocycles. The largest absolute Gasteiger partial charge is 0.349 e. The summed E-state index contributed by atoms with van der Waals surface area (Å²) in [6.45, 7) is 0.856. The minimum absolute atomic E-state index is 0.101. The number of halogens is 1. The first-order chi connectivity index (χ1) is 9.22. The van der Waals surface area contributed by atoms with Gasteiger partial charge in [-0.2, -0.15) is 0 Å². The standard InChI is InChI=1S/C15H19FN2O/c16-13-8-17-9-14(13)18-15(19)7-10-1-3-11(4-2-10)12-5-6-12/h1-4,12-14,17H,5-9H2,(H,18,19)/t13-,14-/m0/s1. The molecule has 0 spiro atoms. The molecule has 4 heteroatoms.